The van der Waals surface area contributed by atoms with E-state index < -0.39 is 11.7 Å². The third-order valence-corrected chi connectivity index (χ3v) is 5.11. The standard InChI is InChI=1S/C20H26N2O5/c1-2-15-8-5-6-12-21(15)18(23)14-26-19(24)11-7-13-22-16-9-3-4-10-17(16)27-20(22)25/h3-4,9-10,15H,2,5-8,11-14H2,1H3. The van der Waals surface area contributed by atoms with Gasteiger partial charge in [0.05, 0.1) is 5.52 Å². The first-order valence-electron chi connectivity index (χ1n) is 9.63. The van der Waals surface area contributed by atoms with Crippen LogP contribution < -0.4 is 5.76 Å². The molecule has 1 aromatic heterocycles. The molecule has 0 spiro atoms. The monoisotopic (exact) mass is 374 g/mol. The molecule has 1 unspecified atom stereocenters. The number of hydrogen-bond acceptors (Lipinski definition) is 5. The zero-order chi connectivity index (χ0) is 19.2. The van der Waals surface area contributed by atoms with Crippen molar-refractivity contribution in [2.45, 2.75) is 58.0 Å². The van der Waals surface area contributed by atoms with Gasteiger partial charge < -0.3 is 14.1 Å². The smallest absolute Gasteiger partial charge is 0.419 e. The maximum atomic E-state index is 12.3. The summed E-state index contributed by atoms with van der Waals surface area (Å²) in [6, 6.07) is 7.43. The number of ether oxygens (including phenoxy) is 1. The second-order valence-corrected chi connectivity index (χ2v) is 6.90. The van der Waals surface area contributed by atoms with Gasteiger partial charge in [0.2, 0.25) is 0 Å². The van der Waals surface area contributed by atoms with Crippen molar-refractivity contribution in [3.63, 3.8) is 0 Å². The van der Waals surface area contributed by atoms with E-state index in [-0.39, 0.29) is 25.0 Å². The van der Waals surface area contributed by atoms with Crippen molar-refractivity contribution in [3.8, 4) is 0 Å². The molecule has 0 saturated carbocycles. The minimum Gasteiger partial charge on any atom is -0.456 e. The van der Waals surface area contributed by atoms with Gasteiger partial charge in [0, 0.05) is 25.6 Å². The molecule has 146 valence electrons. The number of piperidine rings is 1. The summed E-state index contributed by atoms with van der Waals surface area (Å²) in [5, 5.41) is 0. The van der Waals surface area contributed by atoms with E-state index in [1.807, 2.05) is 11.0 Å². The van der Waals surface area contributed by atoms with Crippen LogP contribution in [0, 0.1) is 0 Å². The van der Waals surface area contributed by atoms with Crippen LogP contribution in [0.1, 0.15) is 45.4 Å². The minimum atomic E-state index is -0.435. The Hall–Kier alpha value is -2.57. The molecule has 1 aliphatic heterocycles. The van der Waals surface area contributed by atoms with Crippen molar-refractivity contribution >= 4 is 23.0 Å². The van der Waals surface area contributed by atoms with Crippen LogP contribution in [0.15, 0.2) is 33.5 Å². The number of fused-ring (bicyclic) bond motifs is 1. The lowest BCUT2D eigenvalue weighted by Crippen LogP contribution is -2.45. The van der Waals surface area contributed by atoms with E-state index in [0.29, 0.717) is 24.1 Å². The van der Waals surface area contributed by atoms with Crippen LogP contribution in [0.2, 0.25) is 0 Å². The quantitative estimate of drug-likeness (QED) is 0.696. The molecule has 1 fully saturated rings. The Morgan fingerprint density at radius 2 is 2.07 bits per heavy atom. The fourth-order valence-corrected chi connectivity index (χ4v) is 3.66. The van der Waals surface area contributed by atoms with Crippen LogP contribution in [-0.2, 0) is 20.9 Å². The highest BCUT2D eigenvalue weighted by atomic mass is 16.5. The number of likely N-dealkylation sites (tertiary alicyclic amines) is 1. The first-order valence-corrected chi connectivity index (χ1v) is 9.63. The lowest BCUT2D eigenvalue weighted by molar-refractivity contribution is -0.153. The molecule has 2 heterocycles. The Bertz CT molecular complexity index is 853. The molecule has 1 saturated heterocycles. The largest absolute Gasteiger partial charge is 0.456 e. The van der Waals surface area contributed by atoms with Gasteiger partial charge in [-0.25, -0.2) is 4.79 Å². The highest BCUT2D eigenvalue weighted by Crippen LogP contribution is 2.19. The zero-order valence-corrected chi connectivity index (χ0v) is 15.7. The summed E-state index contributed by atoms with van der Waals surface area (Å²) in [7, 11) is 0. The van der Waals surface area contributed by atoms with Crippen molar-refractivity contribution in [2.24, 2.45) is 0 Å². The number of rotatable bonds is 7. The van der Waals surface area contributed by atoms with Gasteiger partial charge in [-0.05, 0) is 44.2 Å². The van der Waals surface area contributed by atoms with Gasteiger partial charge in [0.15, 0.2) is 12.2 Å². The van der Waals surface area contributed by atoms with Crippen LogP contribution in [0.25, 0.3) is 11.1 Å². The van der Waals surface area contributed by atoms with E-state index in [9.17, 15) is 14.4 Å². The number of aryl methyl sites for hydroxylation is 1. The van der Waals surface area contributed by atoms with E-state index in [0.717, 1.165) is 32.2 Å². The van der Waals surface area contributed by atoms with Gasteiger partial charge in [-0.3, -0.25) is 14.2 Å². The van der Waals surface area contributed by atoms with E-state index >= 15 is 0 Å². The summed E-state index contributed by atoms with van der Waals surface area (Å²) < 4.78 is 11.8. The van der Waals surface area contributed by atoms with Crippen LogP contribution in [0.3, 0.4) is 0 Å². The zero-order valence-electron chi connectivity index (χ0n) is 15.7. The third kappa shape index (κ3) is 4.59. The van der Waals surface area contributed by atoms with Crippen molar-refractivity contribution in [1.82, 2.24) is 9.47 Å². The second-order valence-electron chi connectivity index (χ2n) is 6.90. The van der Waals surface area contributed by atoms with E-state index in [2.05, 4.69) is 6.92 Å². The van der Waals surface area contributed by atoms with Crippen LogP contribution in [0.5, 0.6) is 0 Å². The summed E-state index contributed by atoms with van der Waals surface area (Å²) in [5.41, 5.74) is 1.24. The normalized spacial score (nSPS) is 17.2. The molecule has 1 aromatic carbocycles. The highest BCUT2D eigenvalue weighted by molar-refractivity contribution is 5.81. The lowest BCUT2D eigenvalue weighted by Gasteiger charge is -2.35. The average Bonchev–Trinajstić information content (AvgIpc) is 3.01. The average molecular weight is 374 g/mol. The molecule has 1 atom stereocenters. The van der Waals surface area contributed by atoms with Crippen LogP contribution >= 0.6 is 0 Å². The Morgan fingerprint density at radius 1 is 1.26 bits per heavy atom. The molecule has 0 aliphatic carbocycles. The van der Waals surface area contributed by atoms with Gasteiger partial charge in [-0.1, -0.05) is 19.1 Å². The summed E-state index contributed by atoms with van der Waals surface area (Å²) in [4.78, 5) is 38.0. The maximum Gasteiger partial charge on any atom is 0.419 e. The Labute approximate surface area is 157 Å². The molecule has 7 nitrogen and oxygen atoms in total. The molecule has 3 rings (SSSR count). The number of oxazole rings is 1. The molecular formula is C20H26N2O5. The number of hydrogen-bond donors (Lipinski definition) is 0. The van der Waals surface area contributed by atoms with Crippen molar-refractivity contribution < 1.29 is 18.7 Å². The van der Waals surface area contributed by atoms with E-state index in [4.69, 9.17) is 9.15 Å². The highest BCUT2D eigenvalue weighted by Gasteiger charge is 2.25. The summed E-state index contributed by atoms with van der Waals surface area (Å²) >= 11 is 0. The molecule has 27 heavy (non-hydrogen) atoms. The molecule has 0 radical (unpaired) electrons. The fraction of sp³-hybridized carbons (Fsp3) is 0.550. The first kappa shape index (κ1) is 19.2. The second kappa shape index (κ2) is 8.88. The minimum absolute atomic E-state index is 0.119. The molecule has 1 aliphatic rings. The van der Waals surface area contributed by atoms with E-state index in [1.54, 1.807) is 18.2 Å². The molecule has 0 bridgehead atoms. The molecule has 0 N–H and O–H groups in total. The Morgan fingerprint density at radius 3 is 2.89 bits per heavy atom. The Balaban J connectivity index is 1.45. The fourth-order valence-electron chi connectivity index (χ4n) is 3.66. The van der Waals surface area contributed by atoms with Gasteiger partial charge in [-0.15, -0.1) is 0 Å². The van der Waals surface area contributed by atoms with Crippen LogP contribution in [0.4, 0.5) is 0 Å². The summed E-state index contributed by atoms with van der Waals surface area (Å²) in [5.74, 6) is -0.975. The van der Waals surface area contributed by atoms with Crippen molar-refractivity contribution in [1.29, 1.82) is 0 Å². The maximum absolute atomic E-state index is 12.3. The SMILES string of the molecule is CCC1CCCCN1C(=O)COC(=O)CCCn1c(=O)oc2ccccc21. The summed E-state index contributed by atoms with van der Waals surface area (Å²) in [6.07, 6.45) is 4.68. The number of para-hydroxylation sites is 2. The number of nitrogens with zero attached hydrogens (tertiary/aromatic N) is 2. The lowest BCUT2D eigenvalue weighted by atomic mass is 10.00. The van der Waals surface area contributed by atoms with Crippen molar-refractivity contribution in [3.05, 3.63) is 34.8 Å². The molecule has 1 amide bonds. The van der Waals surface area contributed by atoms with Gasteiger partial charge in [0.1, 0.15) is 0 Å². The summed E-state index contributed by atoms with van der Waals surface area (Å²) in [6.45, 7) is 2.97. The topological polar surface area (TPSA) is 81.8 Å². The Kier molecular flexibility index (Phi) is 6.32. The predicted molar refractivity (Wildman–Crippen MR) is 100 cm³/mol. The van der Waals surface area contributed by atoms with Gasteiger partial charge >= 0.3 is 11.7 Å². The molecule has 7 heteroatoms. The number of carbonyl (C=O) groups excluding carboxylic acids is 2. The van der Waals surface area contributed by atoms with Crippen LogP contribution in [-0.4, -0.2) is 40.5 Å². The number of benzene rings is 1. The molecular weight excluding hydrogens is 348 g/mol. The van der Waals surface area contributed by atoms with Gasteiger partial charge in [0.25, 0.3) is 5.91 Å². The van der Waals surface area contributed by atoms with E-state index in [1.165, 1.54) is 4.57 Å². The third-order valence-electron chi connectivity index (χ3n) is 5.11. The van der Waals surface area contributed by atoms with Gasteiger partial charge in [-0.2, -0.15) is 0 Å². The number of aromatic nitrogens is 1. The number of carbonyl (C=O) groups is 2. The number of amides is 1. The molecule has 2 aromatic rings. The first-order chi connectivity index (χ1) is 13.1. The van der Waals surface area contributed by atoms with Crippen molar-refractivity contribution in [2.75, 3.05) is 13.2 Å². The predicted octanol–water partition coefficient (Wildman–Crippen LogP) is 2.71. The number of esters is 1.